The number of aryl methyl sites for hydroxylation is 1. The highest BCUT2D eigenvalue weighted by atomic mass is 16.5. The van der Waals surface area contributed by atoms with Crippen LogP contribution in [0.5, 0.6) is 0 Å². The second-order valence-electron chi connectivity index (χ2n) is 7.26. The van der Waals surface area contributed by atoms with Gasteiger partial charge in [0, 0.05) is 43.9 Å². The molecule has 6 heteroatoms. The van der Waals surface area contributed by atoms with Crippen molar-refractivity contribution >= 4 is 5.91 Å². The number of amides is 1. The molecule has 1 aromatic rings. The maximum Gasteiger partial charge on any atom is 0.225 e. The van der Waals surface area contributed by atoms with Gasteiger partial charge in [0.15, 0.2) is 0 Å². The Morgan fingerprint density at radius 2 is 1.92 bits per heavy atom. The van der Waals surface area contributed by atoms with E-state index in [9.17, 15) is 4.79 Å². The summed E-state index contributed by atoms with van der Waals surface area (Å²) in [5.74, 6) is 0.507. The first-order valence-electron chi connectivity index (χ1n) is 9.23. The molecule has 0 N–H and O–H groups in total. The second-order valence-corrected chi connectivity index (χ2v) is 7.26. The Balaban J connectivity index is 1.48. The summed E-state index contributed by atoms with van der Waals surface area (Å²) in [6.07, 6.45) is 6.29. The standard InChI is InChI=1S/C18H30N4O2/c1-4-22-13-16(9-19-22)12-20-7-5-17(6-8-20)18(23)21-10-14(2)24-15(3)11-21/h9,13-15,17H,4-8,10-12H2,1-3H3/t14-,15-/m0/s1. The maximum atomic E-state index is 12.8. The van der Waals surface area contributed by atoms with E-state index >= 15 is 0 Å². The average Bonchev–Trinajstić information content (AvgIpc) is 3.01. The smallest absolute Gasteiger partial charge is 0.225 e. The van der Waals surface area contributed by atoms with Gasteiger partial charge in [-0.1, -0.05) is 0 Å². The molecular weight excluding hydrogens is 304 g/mol. The highest BCUT2D eigenvalue weighted by molar-refractivity contribution is 5.79. The zero-order chi connectivity index (χ0) is 17.1. The molecule has 1 aromatic heterocycles. The Labute approximate surface area is 144 Å². The highest BCUT2D eigenvalue weighted by Crippen LogP contribution is 2.23. The predicted molar refractivity (Wildman–Crippen MR) is 92.5 cm³/mol. The van der Waals surface area contributed by atoms with Crippen LogP contribution in [0.3, 0.4) is 0 Å². The number of morpholine rings is 1. The molecule has 0 saturated carbocycles. The molecule has 0 aliphatic carbocycles. The van der Waals surface area contributed by atoms with Gasteiger partial charge in [0.1, 0.15) is 0 Å². The van der Waals surface area contributed by atoms with Gasteiger partial charge in [0.25, 0.3) is 0 Å². The van der Waals surface area contributed by atoms with Gasteiger partial charge in [-0.2, -0.15) is 5.10 Å². The summed E-state index contributed by atoms with van der Waals surface area (Å²) in [5.41, 5.74) is 1.26. The van der Waals surface area contributed by atoms with Gasteiger partial charge in [-0.05, 0) is 46.7 Å². The lowest BCUT2D eigenvalue weighted by atomic mass is 9.94. The number of hydrogen-bond donors (Lipinski definition) is 0. The largest absolute Gasteiger partial charge is 0.372 e. The van der Waals surface area contributed by atoms with Crippen molar-refractivity contribution in [3.63, 3.8) is 0 Å². The third-order valence-electron chi connectivity index (χ3n) is 5.08. The normalized spacial score (nSPS) is 26.7. The van der Waals surface area contributed by atoms with Crippen molar-refractivity contribution in [1.82, 2.24) is 19.6 Å². The molecule has 2 saturated heterocycles. The fraction of sp³-hybridized carbons (Fsp3) is 0.778. The van der Waals surface area contributed by atoms with E-state index in [0.29, 0.717) is 5.91 Å². The van der Waals surface area contributed by atoms with Crippen LogP contribution < -0.4 is 0 Å². The molecule has 134 valence electrons. The van der Waals surface area contributed by atoms with Gasteiger partial charge in [-0.25, -0.2) is 0 Å². The number of carbonyl (C=O) groups is 1. The minimum Gasteiger partial charge on any atom is -0.372 e. The number of nitrogens with zero attached hydrogens (tertiary/aromatic N) is 4. The van der Waals surface area contributed by atoms with E-state index in [2.05, 4.69) is 37.0 Å². The van der Waals surface area contributed by atoms with Crippen LogP contribution in [-0.2, 0) is 22.6 Å². The Hall–Kier alpha value is -1.40. The summed E-state index contributed by atoms with van der Waals surface area (Å²) in [7, 11) is 0. The Morgan fingerprint density at radius 3 is 2.50 bits per heavy atom. The van der Waals surface area contributed by atoms with Crippen LogP contribution in [0.1, 0.15) is 39.2 Å². The van der Waals surface area contributed by atoms with Gasteiger partial charge in [0.2, 0.25) is 5.91 Å². The van der Waals surface area contributed by atoms with Crippen molar-refractivity contribution < 1.29 is 9.53 Å². The van der Waals surface area contributed by atoms with Crippen LogP contribution in [0.4, 0.5) is 0 Å². The van der Waals surface area contributed by atoms with Gasteiger partial charge < -0.3 is 9.64 Å². The molecule has 2 aliphatic heterocycles. The monoisotopic (exact) mass is 334 g/mol. The van der Waals surface area contributed by atoms with Crippen LogP contribution in [-0.4, -0.2) is 63.9 Å². The molecule has 0 bridgehead atoms. The van der Waals surface area contributed by atoms with Crippen LogP contribution in [0.2, 0.25) is 0 Å². The minimum atomic E-state index is 0.146. The van der Waals surface area contributed by atoms with Crippen LogP contribution in [0, 0.1) is 5.92 Å². The minimum absolute atomic E-state index is 0.146. The molecule has 24 heavy (non-hydrogen) atoms. The fourth-order valence-corrected chi connectivity index (χ4v) is 3.87. The lowest BCUT2D eigenvalue weighted by Gasteiger charge is -2.39. The molecule has 0 unspecified atom stereocenters. The number of rotatable bonds is 4. The molecule has 0 spiro atoms. The quantitative estimate of drug-likeness (QED) is 0.842. The number of piperidine rings is 1. The van der Waals surface area contributed by atoms with Crippen molar-refractivity contribution in [2.75, 3.05) is 26.2 Å². The summed E-state index contributed by atoms with van der Waals surface area (Å²) in [4.78, 5) is 17.2. The molecule has 1 amide bonds. The van der Waals surface area contributed by atoms with Crippen LogP contribution in [0.25, 0.3) is 0 Å². The van der Waals surface area contributed by atoms with Crippen LogP contribution >= 0.6 is 0 Å². The summed E-state index contributed by atoms with van der Waals surface area (Å²) >= 11 is 0. The molecule has 3 heterocycles. The van der Waals surface area contributed by atoms with E-state index in [0.717, 1.165) is 52.1 Å². The topological polar surface area (TPSA) is 50.6 Å². The zero-order valence-corrected chi connectivity index (χ0v) is 15.1. The Bertz CT molecular complexity index is 541. The third kappa shape index (κ3) is 4.16. The summed E-state index contributed by atoms with van der Waals surface area (Å²) in [6, 6.07) is 0. The van der Waals surface area contributed by atoms with Gasteiger partial charge in [-0.15, -0.1) is 0 Å². The molecule has 3 rings (SSSR count). The summed E-state index contributed by atoms with van der Waals surface area (Å²) < 4.78 is 7.70. The summed E-state index contributed by atoms with van der Waals surface area (Å²) in [5, 5.41) is 4.34. The first-order chi connectivity index (χ1) is 11.5. The van der Waals surface area contributed by atoms with Crippen molar-refractivity contribution in [3.8, 4) is 0 Å². The fourth-order valence-electron chi connectivity index (χ4n) is 3.87. The SMILES string of the molecule is CCn1cc(CN2CCC(C(=O)N3C[C@H](C)O[C@@H](C)C3)CC2)cn1. The highest BCUT2D eigenvalue weighted by Gasteiger charge is 2.32. The molecule has 0 radical (unpaired) electrons. The number of aromatic nitrogens is 2. The number of hydrogen-bond acceptors (Lipinski definition) is 4. The first-order valence-corrected chi connectivity index (χ1v) is 9.23. The van der Waals surface area contributed by atoms with Gasteiger partial charge in [-0.3, -0.25) is 14.4 Å². The van der Waals surface area contributed by atoms with E-state index in [1.54, 1.807) is 0 Å². The number of carbonyl (C=O) groups excluding carboxylic acids is 1. The molecule has 2 fully saturated rings. The van der Waals surface area contributed by atoms with Crippen molar-refractivity contribution in [2.24, 2.45) is 5.92 Å². The molecule has 0 aromatic carbocycles. The molecule has 2 aliphatic rings. The molecule has 2 atom stereocenters. The van der Waals surface area contributed by atoms with Crippen molar-refractivity contribution in [2.45, 2.75) is 58.9 Å². The Kier molecular flexibility index (Phi) is 5.56. The molecular formula is C18H30N4O2. The Morgan fingerprint density at radius 1 is 1.25 bits per heavy atom. The third-order valence-corrected chi connectivity index (χ3v) is 5.08. The number of ether oxygens (including phenoxy) is 1. The van der Waals surface area contributed by atoms with Crippen molar-refractivity contribution in [1.29, 1.82) is 0 Å². The second kappa shape index (κ2) is 7.66. The first kappa shape index (κ1) is 17.4. The van der Waals surface area contributed by atoms with Crippen molar-refractivity contribution in [3.05, 3.63) is 18.0 Å². The van der Waals surface area contributed by atoms with E-state index in [-0.39, 0.29) is 18.1 Å². The summed E-state index contributed by atoms with van der Waals surface area (Å²) in [6.45, 7) is 11.5. The average molecular weight is 334 g/mol. The maximum absolute atomic E-state index is 12.8. The lowest BCUT2D eigenvalue weighted by molar-refractivity contribution is -0.148. The van der Waals surface area contributed by atoms with E-state index in [4.69, 9.17) is 4.74 Å². The van der Waals surface area contributed by atoms with Crippen LogP contribution in [0.15, 0.2) is 12.4 Å². The number of likely N-dealkylation sites (tertiary alicyclic amines) is 1. The van der Waals surface area contributed by atoms with E-state index in [1.807, 2.05) is 15.8 Å². The zero-order valence-electron chi connectivity index (χ0n) is 15.1. The van der Waals surface area contributed by atoms with E-state index < -0.39 is 0 Å². The van der Waals surface area contributed by atoms with Gasteiger partial charge >= 0.3 is 0 Å². The molecule has 6 nitrogen and oxygen atoms in total. The van der Waals surface area contributed by atoms with Gasteiger partial charge in [0.05, 0.1) is 18.4 Å². The lowest BCUT2D eigenvalue weighted by Crippen LogP contribution is -2.51. The predicted octanol–water partition coefficient (Wildman–Crippen LogP) is 1.75. The van der Waals surface area contributed by atoms with E-state index in [1.165, 1.54) is 5.56 Å².